The van der Waals surface area contributed by atoms with E-state index in [4.69, 9.17) is 10.5 Å². The minimum absolute atomic E-state index is 0.0650. The van der Waals surface area contributed by atoms with Crippen LogP contribution in [0, 0.1) is 11.6 Å². The molecule has 6 heteroatoms. The van der Waals surface area contributed by atoms with Crippen molar-refractivity contribution in [2.24, 2.45) is 12.8 Å². The van der Waals surface area contributed by atoms with Crippen LogP contribution >= 0.6 is 0 Å². The lowest BCUT2D eigenvalue weighted by molar-refractivity contribution is 0.273. The Balaban J connectivity index is 2.09. The average Bonchev–Trinajstić information content (AvgIpc) is 2.83. The van der Waals surface area contributed by atoms with Gasteiger partial charge in [-0.2, -0.15) is 5.10 Å². The first kappa shape index (κ1) is 15.4. The van der Waals surface area contributed by atoms with Gasteiger partial charge in [0.25, 0.3) is 0 Å². The first-order valence-corrected chi connectivity index (χ1v) is 6.83. The fourth-order valence-electron chi connectivity index (χ4n) is 2.02. The third-order valence-corrected chi connectivity index (χ3v) is 3.22. The van der Waals surface area contributed by atoms with Crippen LogP contribution in [-0.2, 0) is 20.1 Å². The number of nitrogens with two attached hydrogens (primary N) is 1. The molecule has 0 saturated heterocycles. The maximum atomic E-state index is 13.9. The zero-order chi connectivity index (χ0) is 15.4. The van der Waals surface area contributed by atoms with Gasteiger partial charge in [-0.05, 0) is 30.5 Å². The molecule has 2 rings (SSSR count). The summed E-state index contributed by atoms with van der Waals surface area (Å²) in [7, 11) is 1.76. The predicted molar refractivity (Wildman–Crippen MR) is 75.9 cm³/mol. The Labute approximate surface area is 122 Å². The van der Waals surface area contributed by atoms with Gasteiger partial charge >= 0.3 is 0 Å². The topological polar surface area (TPSA) is 53.1 Å². The number of halogens is 2. The van der Waals surface area contributed by atoms with Crippen molar-refractivity contribution in [1.82, 2.24) is 9.78 Å². The Morgan fingerprint density at radius 3 is 2.48 bits per heavy atom. The molecule has 114 valence electrons. The summed E-state index contributed by atoms with van der Waals surface area (Å²) in [5.74, 6) is -1.79. The minimum Gasteiger partial charge on any atom is -0.483 e. The van der Waals surface area contributed by atoms with E-state index in [1.807, 2.05) is 6.92 Å². The van der Waals surface area contributed by atoms with Crippen LogP contribution < -0.4 is 10.5 Å². The Bertz CT molecular complexity index is 590. The number of rotatable bonds is 6. The summed E-state index contributed by atoms with van der Waals surface area (Å²) in [5, 5.41) is 3.97. The summed E-state index contributed by atoms with van der Waals surface area (Å²) in [6.07, 6.45) is 4.50. The molecule has 0 aliphatic rings. The number of ether oxygens (including phenoxy) is 1. The van der Waals surface area contributed by atoms with Gasteiger partial charge in [0, 0.05) is 24.8 Å². The van der Waals surface area contributed by atoms with Crippen LogP contribution in [0.15, 0.2) is 24.5 Å². The van der Waals surface area contributed by atoms with E-state index in [1.165, 1.54) is 12.1 Å². The summed E-state index contributed by atoms with van der Waals surface area (Å²) >= 11 is 0. The summed E-state index contributed by atoms with van der Waals surface area (Å²) < 4.78 is 34.7. The predicted octanol–water partition coefficient (Wildman–Crippen LogP) is 2.56. The van der Waals surface area contributed by atoms with Crippen LogP contribution in [0.3, 0.4) is 0 Å². The maximum Gasteiger partial charge on any atom is 0.191 e. The van der Waals surface area contributed by atoms with Gasteiger partial charge in [0.05, 0.1) is 6.20 Å². The van der Waals surface area contributed by atoms with Gasteiger partial charge in [-0.1, -0.05) is 6.92 Å². The monoisotopic (exact) mass is 295 g/mol. The molecule has 0 radical (unpaired) electrons. The lowest BCUT2D eigenvalue weighted by Crippen LogP contribution is -2.21. The summed E-state index contributed by atoms with van der Waals surface area (Å²) in [5.41, 5.74) is 7.07. The fourth-order valence-corrected chi connectivity index (χ4v) is 2.02. The SMILES string of the molecule is CCC(N)Cc1cc(F)c(OCc2cnn(C)c2)c(F)c1. The molecule has 0 aliphatic carbocycles. The van der Waals surface area contributed by atoms with Gasteiger partial charge < -0.3 is 10.5 Å². The molecular formula is C15H19F2N3O. The molecule has 1 aromatic carbocycles. The van der Waals surface area contributed by atoms with Crippen molar-refractivity contribution in [1.29, 1.82) is 0 Å². The molecule has 1 unspecified atom stereocenters. The molecule has 0 bridgehead atoms. The molecule has 0 saturated carbocycles. The van der Waals surface area contributed by atoms with E-state index in [2.05, 4.69) is 5.10 Å². The molecule has 1 aromatic heterocycles. The third kappa shape index (κ3) is 4.01. The third-order valence-electron chi connectivity index (χ3n) is 3.22. The van der Waals surface area contributed by atoms with Crippen molar-refractivity contribution in [3.05, 3.63) is 47.3 Å². The lowest BCUT2D eigenvalue weighted by Gasteiger charge is -2.12. The molecule has 0 amide bonds. The molecular weight excluding hydrogens is 276 g/mol. The highest BCUT2D eigenvalue weighted by Gasteiger charge is 2.14. The van der Waals surface area contributed by atoms with Crippen LogP contribution in [0.25, 0.3) is 0 Å². The van der Waals surface area contributed by atoms with E-state index < -0.39 is 11.6 Å². The Kier molecular flexibility index (Phi) is 4.90. The second kappa shape index (κ2) is 6.67. The van der Waals surface area contributed by atoms with Crippen molar-refractivity contribution < 1.29 is 13.5 Å². The van der Waals surface area contributed by atoms with Crippen LogP contribution in [0.5, 0.6) is 5.75 Å². The van der Waals surface area contributed by atoms with Gasteiger partial charge in [0.2, 0.25) is 0 Å². The van der Waals surface area contributed by atoms with E-state index in [0.29, 0.717) is 12.0 Å². The number of aryl methyl sites for hydroxylation is 1. The van der Waals surface area contributed by atoms with Gasteiger partial charge in [-0.25, -0.2) is 8.78 Å². The normalized spacial score (nSPS) is 12.4. The maximum absolute atomic E-state index is 13.9. The summed E-state index contributed by atoms with van der Waals surface area (Å²) in [6.45, 7) is 2.00. The van der Waals surface area contributed by atoms with Crippen molar-refractivity contribution in [3.8, 4) is 5.75 Å². The Hall–Kier alpha value is -1.95. The molecule has 2 N–H and O–H groups in total. The molecule has 1 heterocycles. The number of benzene rings is 1. The summed E-state index contributed by atoms with van der Waals surface area (Å²) in [4.78, 5) is 0. The zero-order valence-electron chi connectivity index (χ0n) is 12.1. The second-order valence-electron chi connectivity index (χ2n) is 5.07. The number of hydrogen-bond donors (Lipinski definition) is 1. The van der Waals surface area contributed by atoms with Crippen LogP contribution in [0.4, 0.5) is 8.78 Å². The van der Waals surface area contributed by atoms with E-state index in [9.17, 15) is 8.78 Å². The number of aromatic nitrogens is 2. The molecule has 0 aliphatic heterocycles. The van der Waals surface area contributed by atoms with Crippen molar-refractivity contribution >= 4 is 0 Å². The van der Waals surface area contributed by atoms with Crippen LogP contribution in [0.1, 0.15) is 24.5 Å². The van der Waals surface area contributed by atoms with E-state index in [0.717, 1.165) is 12.0 Å². The molecule has 1 atom stereocenters. The zero-order valence-corrected chi connectivity index (χ0v) is 12.1. The first-order valence-electron chi connectivity index (χ1n) is 6.83. The Morgan fingerprint density at radius 1 is 1.29 bits per heavy atom. The van der Waals surface area contributed by atoms with Gasteiger partial charge in [-0.15, -0.1) is 0 Å². The molecule has 0 fully saturated rings. The number of hydrogen-bond acceptors (Lipinski definition) is 3. The average molecular weight is 295 g/mol. The van der Waals surface area contributed by atoms with E-state index in [-0.39, 0.29) is 18.4 Å². The fraction of sp³-hybridized carbons (Fsp3) is 0.400. The highest BCUT2D eigenvalue weighted by atomic mass is 19.1. The highest BCUT2D eigenvalue weighted by molar-refractivity contribution is 5.32. The Morgan fingerprint density at radius 2 is 1.95 bits per heavy atom. The largest absolute Gasteiger partial charge is 0.483 e. The van der Waals surface area contributed by atoms with Crippen LogP contribution in [-0.4, -0.2) is 15.8 Å². The first-order chi connectivity index (χ1) is 9.99. The standard InChI is InChI=1S/C15H19F2N3O/c1-3-12(18)4-10-5-13(16)15(14(17)6-10)21-9-11-7-19-20(2)8-11/h5-8,12H,3-4,9,18H2,1-2H3. The van der Waals surface area contributed by atoms with Crippen molar-refractivity contribution in [2.45, 2.75) is 32.4 Å². The lowest BCUT2D eigenvalue weighted by atomic mass is 10.0. The summed E-state index contributed by atoms with van der Waals surface area (Å²) in [6, 6.07) is 2.44. The van der Waals surface area contributed by atoms with E-state index in [1.54, 1.807) is 24.1 Å². The van der Waals surface area contributed by atoms with Gasteiger partial charge in [0.1, 0.15) is 6.61 Å². The van der Waals surface area contributed by atoms with Crippen molar-refractivity contribution in [3.63, 3.8) is 0 Å². The van der Waals surface area contributed by atoms with Gasteiger partial charge in [-0.3, -0.25) is 4.68 Å². The highest BCUT2D eigenvalue weighted by Crippen LogP contribution is 2.25. The smallest absolute Gasteiger partial charge is 0.191 e. The minimum atomic E-state index is -0.711. The molecule has 4 nitrogen and oxygen atoms in total. The quantitative estimate of drug-likeness (QED) is 0.891. The number of nitrogens with zero attached hydrogens (tertiary/aromatic N) is 2. The van der Waals surface area contributed by atoms with Crippen LogP contribution in [0.2, 0.25) is 0 Å². The molecule has 0 spiro atoms. The van der Waals surface area contributed by atoms with Crippen molar-refractivity contribution in [2.75, 3.05) is 0 Å². The molecule has 21 heavy (non-hydrogen) atoms. The second-order valence-corrected chi connectivity index (χ2v) is 5.07. The molecule has 2 aromatic rings. The van der Waals surface area contributed by atoms with Gasteiger partial charge in [0.15, 0.2) is 17.4 Å². The van der Waals surface area contributed by atoms with E-state index >= 15 is 0 Å².